The van der Waals surface area contributed by atoms with Crippen LogP contribution in [0.15, 0.2) is 60.7 Å². The minimum Gasteiger partial charge on any atom is -0.382 e. The van der Waals surface area contributed by atoms with Gasteiger partial charge in [-0.25, -0.2) is 9.59 Å². The first-order chi connectivity index (χ1) is 10.2. The van der Waals surface area contributed by atoms with E-state index in [9.17, 15) is 19.2 Å². The zero-order valence-corrected chi connectivity index (χ0v) is 11.0. The largest absolute Gasteiger partial charge is 0.382 e. The van der Waals surface area contributed by atoms with Crippen LogP contribution in [0.4, 0.5) is 0 Å². The Morgan fingerprint density at radius 2 is 1.00 bits per heavy atom. The fourth-order valence-corrected chi connectivity index (χ4v) is 1.41. The van der Waals surface area contributed by atoms with Gasteiger partial charge in [-0.2, -0.15) is 0 Å². The van der Waals surface area contributed by atoms with E-state index < -0.39 is 11.9 Å². The van der Waals surface area contributed by atoms with E-state index in [1.165, 1.54) is 11.1 Å². The molecular weight excluding hydrogens is 272 g/mol. The summed E-state index contributed by atoms with van der Waals surface area (Å²) in [6, 6.07) is 20.8. The number of hydrogen-bond acceptors (Lipinski definition) is 5. The molecule has 0 aromatic heterocycles. The number of hydrogen-bond donors (Lipinski definition) is 0. The number of carbonyl (C=O) groups is 4. The van der Waals surface area contributed by atoms with Crippen molar-refractivity contribution in [2.45, 2.75) is 0 Å². The average molecular weight is 284 g/mol. The highest BCUT2D eigenvalue weighted by molar-refractivity contribution is 6.30. The van der Waals surface area contributed by atoms with Gasteiger partial charge in [0.2, 0.25) is 12.6 Å². The Morgan fingerprint density at radius 3 is 1.29 bits per heavy atom. The first-order valence-corrected chi connectivity index (χ1v) is 5.94. The SMILES string of the molecule is O=CC(=O)OC(=O)C=O.c1ccc(-c2ccccc2)cc1. The molecule has 0 aliphatic heterocycles. The highest BCUT2D eigenvalue weighted by Gasteiger charge is 2.05. The molecule has 21 heavy (non-hydrogen) atoms. The number of ether oxygens (including phenoxy) is 1. The van der Waals surface area contributed by atoms with Crippen molar-refractivity contribution in [3.8, 4) is 11.1 Å². The van der Waals surface area contributed by atoms with Gasteiger partial charge >= 0.3 is 11.9 Å². The fraction of sp³-hybridized carbons (Fsp3) is 0. The van der Waals surface area contributed by atoms with Gasteiger partial charge in [0, 0.05) is 0 Å². The summed E-state index contributed by atoms with van der Waals surface area (Å²) in [6.07, 6.45) is -0.414. The molecule has 0 saturated heterocycles. The second kappa shape index (κ2) is 8.92. The predicted octanol–water partition coefficient (Wildman–Crippen LogP) is 1.81. The highest BCUT2D eigenvalue weighted by atomic mass is 16.6. The lowest BCUT2D eigenvalue weighted by molar-refractivity contribution is -0.162. The highest BCUT2D eigenvalue weighted by Crippen LogP contribution is 2.17. The summed E-state index contributed by atoms with van der Waals surface area (Å²) in [6.45, 7) is 0. The van der Waals surface area contributed by atoms with E-state index in [4.69, 9.17) is 0 Å². The topological polar surface area (TPSA) is 77.5 Å². The summed E-state index contributed by atoms with van der Waals surface area (Å²) in [4.78, 5) is 38.4. The van der Waals surface area contributed by atoms with Crippen LogP contribution in [0.2, 0.25) is 0 Å². The number of benzene rings is 2. The maximum Gasteiger partial charge on any atom is 0.379 e. The molecule has 2 aromatic carbocycles. The van der Waals surface area contributed by atoms with Gasteiger partial charge in [-0.15, -0.1) is 0 Å². The van der Waals surface area contributed by atoms with E-state index >= 15 is 0 Å². The number of rotatable bonds is 3. The standard InChI is InChI=1S/C12H10.C4H2O5/c1-3-7-11(8-4-1)12-9-5-2-6-10-12;5-1-3(7)9-4(8)2-6/h1-10H;1-2H. The fourth-order valence-electron chi connectivity index (χ4n) is 1.41. The summed E-state index contributed by atoms with van der Waals surface area (Å²) in [5.74, 6) is -2.74. The lowest BCUT2D eigenvalue weighted by Gasteiger charge is -1.98. The van der Waals surface area contributed by atoms with Crippen molar-refractivity contribution in [1.82, 2.24) is 0 Å². The monoisotopic (exact) mass is 284 g/mol. The molecule has 0 radical (unpaired) electrons. The zero-order chi connectivity index (χ0) is 15.5. The van der Waals surface area contributed by atoms with Gasteiger partial charge in [-0.3, -0.25) is 9.59 Å². The van der Waals surface area contributed by atoms with Gasteiger partial charge in [0.05, 0.1) is 0 Å². The van der Waals surface area contributed by atoms with Crippen molar-refractivity contribution in [2.75, 3.05) is 0 Å². The molecule has 0 heterocycles. The van der Waals surface area contributed by atoms with Gasteiger partial charge in [0.1, 0.15) is 0 Å². The Labute approximate surface area is 121 Å². The van der Waals surface area contributed by atoms with Crippen LogP contribution in [0.1, 0.15) is 0 Å². The van der Waals surface area contributed by atoms with Crippen molar-refractivity contribution >= 4 is 24.5 Å². The lowest BCUT2D eigenvalue weighted by Crippen LogP contribution is -2.13. The van der Waals surface area contributed by atoms with E-state index in [-0.39, 0.29) is 12.6 Å². The smallest absolute Gasteiger partial charge is 0.379 e. The van der Waals surface area contributed by atoms with Crippen LogP contribution >= 0.6 is 0 Å². The summed E-state index contributed by atoms with van der Waals surface area (Å²) in [5.41, 5.74) is 2.55. The van der Waals surface area contributed by atoms with Gasteiger partial charge in [0.15, 0.2) is 0 Å². The third-order valence-corrected chi connectivity index (χ3v) is 2.27. The molecule has 5 heteroatoms. The normalized spacial score (nSPS) is 8.76. The Kier molecular flexibility index (Phi) is 6.79. The van der Waals surface area contributed by atoms with Crippen LogP contribution in [0.5, 0.6) is 0 Å². The van der Waals surface area contributed by atoms with Crippen LogP contribution < -0.4 is 0 Å². The quantitative estimate of drug-likeness (QED) is 0.372. The van der Waals surface area contributed by atoms with E-state index in [1.807, 2.05) is 12.1 Å². The van der Waals surface area contributed by atoms with Crippen molar-refractivity contribution in [3.05, 3.63) is 60.7 Å². The molecule has 0 aliphatic rings. The maximum absolute atomic E-state index is 9.81. The van der Waals surface area contributed by atoms with Crippen molar-refractivity contribution in [3.63, 3.8) is 0 Å². The molecule has 106 valence electrons. The average Bonchev–Trinajstić information content (AvgIpc) is 2.56. The van der Waals surface area contributed by atoms with E-state index in [1.54, 1.807) is 0 Å². The van der Waals surface area contributed by atoms with Crippen LogP contribution in [-0.2, 0) is 23.9 Å². The molecule has 0 amide bonds. The maximum atomic E-state index is 9.81. The number of esters is 2. The van der Waals surface area contributed by atoms with Crippen LogP contribution in [-0.4, -0.2) is 24.5 Å². The van der Waals surface area contributed by atoms with Crippen molar-refractivity contribution in [2.24, 2.45) is 0 Å². The predicted molar refractivity (Wildman–Crippen MR) is 75.1 cm³/mol. The van der Waals surface area contributed by atoms with Gasteiger partial charge < -0.3 is 4.74 Å². The molecule has 0 spiro atoms. The first-order valence-electron chi connectivity index (χ1n) is 5.94. The number of aldehydes is 2. The van der Waals surface area contributed by atoms with Crippen LogP contribution in [0.25, 0.3) is 11.1 Å². The van der Waals surface area contributed by atoms with E-state index in [0.717, 1.165) is 0 Å². The molecule has 0 fully saturated rings. The molecule has 0 N–H and O–H groups in total. The van der Waals surface area contributed by atoms with Crippen LogP contribution in [0.3, 0.4) is 0 Å². The molecule has 0 saturated carbocycles. The minimum atomic E-state index is -1.37. The second-order valence-corrected chi connectivity index (χ2v) is 3.71. The second-order valence-electron chi connectivity index (χ2n) is 3.71. The zero-order valence-electron chi connectivity index (χ0n) is 11.0. The summed E-state index contributed by atoms with van der Waals surface area (Å²) >= 11 is 0. The van der Waals surface area contributed by atoms with Gasteiger partial charge in [0.25, 0.3) is 0 Å². The van der Waals surface area contributed by atoms with Crippen molar-refractivity contribution in [1.29, 1.82) is 0 Å². The summed E-state index contributed by atoms with van der Waals surface area (Å²) < 4.78 is 3.53. The molecule has 0 unspecified atom stereocenters. The molecule has 5 nitrogen and oxygen atoms in total. The molecule has 2 aromatic rings. The first kappa shape index (κ1) is 16.0. The third kappa shape index (κ3) is 6.07. The lowest BCUT2D eigenvalue weighted by atomic mass is 10.1. The Balaban J connectivity index is 0.000000222. The Bertz CT molecular complexity index is 550. The van der Waals surface area contributed by atoms with Gasteiger partial charge in [-0.05, 0) is 11.1 Å². The van der Waals surface area contributed by atoms with Crippen molar-refractivity contribution < 1.29 is 23.9 Å². The molecule has 0 atom stereocenters. The Morgan fingerprint density at radius 1 is 0.667 bits per heavy atom. The minimum absolute atomic E-state index is 0.207. The molecule has 0 bridgehead atoms. The third-order valence-electron chi connectivity index (χ3n) is 2.27. The van der Waals surface area contributed by atoms with E-state index in [2.05, 4.69) is 53.3 Å². The van der Waals surface area contributed by atoms with Gasteiger partial charge in [-0.1, -0.05) is 60.7 Å². The van der Waals surface area contributed by atoms with Crippen LogP contribution in [0, 0.1) is 0 Å². The molecule has 2 rings (SSSR count). The Hall–Kier alpha value is -3.08. The summed E-state index contributed by atoms with van der Waals surface area (Å²) in [5, 5.41) is 0. The molecular formula is C16H12O5. The van der Waals surface area contributed by atoms with E-state index in [0.29, 0.717) is 0 Å². The number of carbonyl (C=O) groups excluding carboxylic acids is 4. The molecule has 0 aliphatic carbocycles. The summed E-state index contributed by atoms with van der Waals surface area (Å²) in [7, 11) is 0.